The molecule has 0 bridgehead atoms. The predicted octanol–water partition coefficient (Wildman–Crippen LogP) is 3.65. The van der Waals surface area contributed by atoms with Crippen LogP contribution in [0.15, 0.2) is 30.3 Å². The SMILES string of the molecule is FC(F)(ON(C(=S)[S-])c1ccccc1)C(Cl)Cl. The molecular weight excluding hydrogens is 311 g/mol. The van der Waals surface area contributed by atoms with Crippen molar-refractivity contribution in [3.8, 4) is 0 Å². The Hall–Kier alpha value is -0.270. The van der Waals surface area contributed by atoms with E-state index in [4.69, 9.17) is 23.2 Å². The summed E-state index contributed by atoms with van der Waals surface area (Å²) >= 11 is 19.5. The van der Waals surface area contributed by atoms with Crippen molar-refractivity contribution in [2.24, 2.45) is 0 Å². The molecule has 0 unspecified atom stereocenters. The summed E-state index contributed by atoms with van der Waals surface area (Å²) in [5.41, 5.74) is 0.265. The zero-order valence-electron chi connectivity index (χ0n) is 8.15. The molecule has 0 saturated carbocycles. The van der Waals surface area contributed by atoms with E-state index in [-0.39, 0.29) is 10.0 Å². The summed E-state index contributed by atoms with van der Waals surface area (Å²) < 4.78 is 26.1. The summed E-state index contributed by atoms with van der Waals surface area (Å²) in [5, 5.41) is 0.627. The lowest BCUT2D eigenvalue weighted by Crippen LogP contribution is -2.40. The molecule has 0 atom stereocenters. The third-order valence-electron chi connectivity index (χ3n) is 1.62. The number of halogens is 4. The van der Waals surface area contributed by atoms with Crippen molar-refractivity contribution in [3.05, 3.63) is 30.3 Å². The van der Waals surface area contributed by atoms with E-state index in [9.17, 15) is 8.78 Å². The van der Waals surface area contributed by atoms with Crippen LogP contribution in [0.25, 0.3) is 0 Å². The molecule has 94 valence electrons. The molecule has 0 amide bonds. The highest BCUT2D eigenvalue weighted by atomic mass is 35.5. The van der Waals surface area contributed by atoms with Crippen LogP contribution in [-0.4, -0.2) is 15.3 Å². The molecular formula is C9H6Cl2F2NOS2-. The Morgan fingerprint density at radius 2 is 1.88 bits per heavy atom. The molecule has 0 heterocycles. The third-order valence-corrected chi connectivity index (χ3v) is 2.46. The lowest BCUT2D eigenvalue weighted by atomic mass is 10.3. The highest BCUT2D eigenvalue weighted by Gasteiger charge is 2.41. The van der Waals surface area contributed by atoms with Crippen molar-refractivity contribution >= 4 is 58.1 Å². The molecule has 17 heavy (non-hydrogen) atoms. The van der Waals surface area contributed by atoms with Crippen LogP contribution in [0.3, 0.4) is 0 Å². The smallest absolute Gasteiger partial charge is 0.405 e. The number of nitrogens with zero attached hydrogens (tertiary/aromatic N) is 1. The second-order valence-electron chi connectivity index (χ2n) is 2.85. The van der Waals surface area contributed by atoms with Crippen LogP contribution < -0.4 is 5.06 Å². The fraction of sp³-hybridized carbons (Fsp3) is 0.222. The molecule has 1 rings (SSSR count). The molecule has 0 aliphatic rings. The number of rotatable bonds is 4. The normalized spacial score (nSPS) is 11.6. The third kappa shape index (κ3) is 4.15. The fourth-order valence-electron chi connectivity index (χ4n) is 0.920. The van der Waals surface area contributed by atoms with E-state index in [0.29, 0.717) is 5.06 Å². The van der Waals surface area contributed by atoms with Gasteiger partial charge in [0, 0.05) is 0 Å². The van der Waals surface area contributed by atoms with Gasteiger partial charge in [-0.1, -0.05) is 41.4 Å². The molecule has 0 N–H and O–H groups in total. The number of hydrogen-bond donors (Lipinski definition) is 0. The average Bonchev–Trinajstić information content (AvgIpc) is 2.26. The summed E-state index contributed by atoms with van der Waals surface area (Å²) in [7, 11) is 0. The molecule has 0 saturated heterocycles. The van der Waals surface area contributed by atoms with Gasteiger partial charge in [0.2, 0.25) is 0 Å². The topological polar surface area (TPSA) is 12.5 Å². The zero-order valence-corrected chi connectivity index (χ0v) is 11.3. The Kier molecular flexibility index (Phi) is 5.27. The maximum absolute atomic E-state index is 13.2. The summed E-state index contributed by atoms with van der Waals surface area (Å²) in [6.45, 7) is 0. The van der Waals surface area contributed by atoms with Gasteiger partial charge >= 0.3 is 6.11 Å². The van der Waals surface area contributed by atoms with E-state index in [0.717, 1.165) is 0 Å². The first-order valence-electron chi connectivity index (χ1n) is 4.26. The van der Waals surface area contributed by atoms with E-state index in [2.05, 4.69) is 29.7 Å². The van der Waals surface area contributed by atoms with Crippen molar-refractivity contribution in [1.29, 1.82) is 0 Å². The van der Waals surface area contributed by atoms with Crippen LogP contribution in [0, 0.1) is 0 Å². The molecule has 0 aromatic heterocycles. The van der Waals surface area contributed by atoms with Gasteiger partial charge in [-0.25, -0.2) is 5.06 Å². The Labute approximate surface area is 118 Å². The van der Waals surface area contributed by atoms with Gasteiger partial charge in [0.05, 0.1) is 5.69 Å². The van der Waals surface area contributed by atoms with Gasteiger partial charge in [0.15, 0.2) is 4.84 Å². The van der Waals surface area contributed by atoms with Crippen molar-refractivity contribution < 1.29 is 13.6 Å². The van der Waals surface area contributed by atoms with Crippen molar-refractivity contribution in [1.82, 2.24) is 0 Å². The van der Waals surface area contributed by atoms with Gasteiger partial charge in [-0.2, -0.15) is 13.6 Å². The number of anilines is 1. The number of para-hydroxylation sites is 1. The van der Waals surface area contributed by atoms with Crippen LogP contribution in [0.2, 0.25) is 0 Å². The molecule has 1 aromatic carbocycles. The van der Waals surface area contributed by atoms with E-state index >= 15 is 0 Å². The lowest BCUT2D eigenvalue weighted by Gasteiger charge is -2.31. The highest BCUT2D eigenvalue weighted by Crippen LogP contribution is 2.31. The minimum atomic E-state index is -3.79. The molecule has 0 aliphatic carbocycles. The summed E-state index contributed by atoms with van der Waals surface area (Å²) in [6.07, 6.45) is -3.79. The zero-order chi connectivity index (χ0) is 13.1. The van der Waals surface area contributed by atoms with E-state index in [1.807, 2.05) is 0 Å². The molecule has 0 radical (unpaired) electrons. The highest BCUT2D eigenvalue weighted by molar-refractivity contribution is 8.00. The van der Waals surface area contributed by atoms with Crippen LogP contribution in [0.1, 0.15) is 0 Å². The van der Waals surface area contributed by atoms with Crippen molar-refractivity contribution in [2.45, 2.75) is 10.9 Å². The molecule has 1 aromatic rings. The Bertz CT molecular complexity index is 392. The van der Waals surface area contributed by atoms with E-state index in [1.54, 1.807) is 18.2 Å². The number of alkyl halides is 4. The predicted molar refractivity (Wildman–Crippen MR) is 70.4 cm³/mol. The van der Waals surface area contributed by atoms with Crippen LogP contribution in [0.5, 0.6) is 0 Å². The largest absolute Gasteiger partial charge is 0.408 e. The summed E-state index contributed by atoms with van der Waals surface area (Å²) in [5.74, 6) is 0. The second-order valence-corrected chi connectivity index (χ2v) is 4.98. The Balaban J connectivity index is 2.93. The molecule has 0 spiro atoms. The van der Waals surface area contributed by atoms with Gasteiger partial charge in [0.25, 0.3) is 0 Å². The fourth-order valence-corrected chi connectivity index (χ4v) is 1.29. The van der Waals surface area contributed by atoms with Gasteiger partial charge < -0.3 is 24.8 Å². The first-order valence-corrected chi connectivity index (χ1v) is 5.95. The van der Waals surface area contributed by atoms with E-state index in [1.165, 1.54) is 12.1 Å². The van der Waals surface area contributed by atoms with Gasteiger partial charge in [0.1, 0.15) is 0 Å². The quantitative estimate of drug-likeness (QED) is 0.363. The van der Waals surface area contributed by atoms with Crippen molar-refractivity contribution in [2.75, 3.05) is 5.06 Å². The van der Waals surface area contributed by atoms with Gasteiger partial charge in [-0.3, -0.25) is 0 Å². The van der Waals surface area contributed by atoms with Crippen molar-refractivity contribution in [3.63, 3.8) is 0 Å². The maximum Gasteiger partial charge on any atom is 0.405 e. The second kappa shape index (κ2) is 6.06. The Morgan fingerprint density at radius 1 is 1.35 bits per heavy atom. The number of hydroxylamine groups is 1. The molecule has 0 aliphatic heterocycles. The van der Waals surface area contributed by atoms with Gasteiger partial charge in [-0.05, 0) is 16.5 Å². The average molecular weight is 317 g/mol. The standard InChI is InChI=1S/C9H7Cl2F2NOS2/c10-7(11)9(12,13)15-14(8(16)17)6-4-2-1-3-5-6/h1-5,7H,(H,16,17)/p-1. The number of hydrogen-bond acceptors (Lipinski definition) is 3. The first-order chi connectivity index (χ1) is 7.84. The summed E-state index contributed by atoms with van der Waals surface area (Å²) in [6, 6.07) is 7.96. The number of thiocarbonyl (C=S) groups is 1. The summed E-state index contributed by atoms with van der Waals surface area (Å²) in [4.78, 5) is 2.31. The minimum Gasteiger partial charge on any atom is -0.408 e. The monoisotopic (exact) mass is 316 g/mol. The molecule has 8 heteroatoms. The van der Waals surface area contributed by atoms with Crippen LogP contribution in [-0.2, 0) is 17.5 Å². The van der Waals surface area contributed by atoms with Crippen LogP contribution >= 0.6 is 35.4 Å². The molecule has 0 fully saturated rings. The molecule has 2 nitrogen and oxygen atoms in total. The van der Waals surface area contributed by atoms with E-state index < -0.39 is 10.9 Å². The lowest BCUT2D eigenvalue weighted by molar-refractivity contribution is -0.225. The van der Waals surface area contributed by atoms with Crippen LogP contribution in [0.4, 0.5) is 14.5 Å². The maximum atomic E-state index is 13.2. The van der Waals surface area contributed by atoms with Gasteiger partial charge in [-0.15, -0.1) is 0 Å². The number of benzene rings is 1. The first kappa shape index (κ1) is 14.8. The Morgan fingerprint density at radius 3 is 2.29 bits per heavy atom. The minimum absolute atomic E-state index is 0.265.